The summed E-state index contributed by atoms with van der Waals surface area (Å²) in [5.41, 5.74) is 5.95. The molecule has 0 aliphatic carbocycles. The molecule has 0 spiro atoms. The van der Waals surface area contributed by atoms with Crippen LogP contribution in [-0.2, 0) is 6.54 Å². The molecule has 1 unspecified atom stereocenters. The first-order chi connectivity index (χ1) is 8.45. The van der Waals surface area contributed by atoms with Crippen LogP contribution in [-0.4, -0.2) is 23.8 Å². The third kappa shape index (κ3) is 3.96. The van der Waals surface area contributed by atoms with E-state index in [0.717, 1.165) is 6.54 Å². The zero-order valence-electron chi connectivity index (χ0n) is 10.7. The molecule has 18 heavy (non-hydrogen) atoms. The summed E-state index contributed by atoms with van der Waals surface area (Å²) in [6, 6.07) is 4.68. The van der Waals surface area contributed by atoms with Gasteiger partial charge >= 0.3 is 0 Å². The van der Waals surface area contributed by atoms with E-state index in [0.29, 0.717) is 23.7 Å². The fraction of sp³-hybridized carbons (Fsp3) is 0.462. The van der Waals surface area contributed by atoms with Crippen molar-refractivity contribution in [1.82, 2.24) is 4.90 Å². The number of nitrogens with two attached hydrogens (primary N) is 1. The molecule has 0 fully saturated rings. The normalized spacial score (nSPS) is 12.7. The van der Waals surface area contributed by atoms with E-state index in [1.54, 1.807) is 12.1 Å². The summed E-state index contributed by atoms with van der Waals surface area (Å²) >= 11 is 6.00. The number of nitrogens with zero attached hydrogens (tertiary/aromatic N) is 1. The van der Waals surface area contributed by atoms with Crippen molar-refractivity contribution in [2.24, 2.45) is 11.7 Å². The lowest BCUT2D eigenvalue weighted by molar-refractivity contribution is 0.259. The number of amidine groups is 1. The van der Waals surface area contributed by atoms with Gasteiger partial charge in [-0.3, -0.25) is 10.3 Å². The smallest absolute Gasteiger partial charge is 0.129 e. The lowest BCUT2D eigenvalue weighted by atomic mass is 10.1. The Morgan fingerprint density at radius 1 is 1.56 bits per heavy atom. The second-order valence-corrected chi connectivity index (χ2v) is 4.79. The van der Waals surface area contributed by atoms with E-state index in [2.05, 4.69) is 0 Å². The molecule has 1 atom stereocenters. The van der Waals surface area contributed by atoms with Crippen LogP contribution in [0.3, 0.4) is 0 Å². The van der Waals surface area contributed by atoms with Crippen LogP contribution in [0.5, 0.6) is 0 Å². The number of rotatable bonds is 6. The molecule has 1 aromatic carbocycles. The molecule has 0 aromatic heterocycles. The predicted molar refractivity (Wildman–Crippen MR) is 73.4 cm³/mol. The molecule has 0 bridgehead atoms. The summed E-state index contributed by atoms with van der Waals surface area (Å²) in [5.74, 6) is -0.194. The Balaban J connectivity index is 2.77. The van der Waals surface area contributed by atoms with E-state index in [9.17, 15) is 4.39 Å². The number of hydrogen-bond acceptors (Lipinski definition) is 2. The fourth-order valence-electron chi connectivity index (χ4n) is 1.70. The van der Waals surface area contributed by atoms with E-state index in [1.807, 2.05) is 18.7 Å². The van der Waals surface area contributed by atoms with Gasteiger partial charge in [-0.05, 0) is 18.7 Å². The van der Waals surface area contributed by atoms with Gasteiger partial charge in [-0.1, -0.05) is 31.5 Å². The summed E-state index contributed by atoms with van der Waals surface area (Å²) in [6.07, 6.45) is 0. The van der Waals surface area contributed by atoms with Gasteiger partial charge in [-0.25, -0.2) is 4.39 Å². The lowest BCUT2D eigenvalue weighted by Crippen LogP contribution is -2.34. The molecule has 1 aromatic rings. The molecule has 0 heterocycles. The Morgan fingerprint density at radius 3 is 2.72 bits per heavy atom. The van der Waals surface area contributed by atoms with E-state index < -0.39 is 0 Å². The SMILES string of the molecule is CCN(Cc1c(F)cccc1Cl)CC(C)C(=N)N. The minimum absolute atomic E-state index is 0.0458. The second kappa shape index (κ2) is 6.71. The zero-order chi connectivity index (χ0) is 13.7. The molecule has 3 nitrogen and oxygen atoms in total. The highest BCUT2D eigenvalue weighted by Gasteiger charge is 2.15. The topological polar surface area (TPSA) is 53.1 Å². The fourth-order valence-corrected chi connectivity index (χ4v) is 1.92. The minimum atomic E-state index is -0.295. The van der Waals surface area contributed by atoms with E-state index in [1.165, 1.54) is 6.07 Å². The highest BCUT2D eigenvalue weighted by atomic mass is 35.5. The molecule has 0 saturated heterocycles. The summed E-state index contributed by atoms with van der Waals surface area (Å²) in [5, 5.41) is 7.82. The third-order valence-electron chi connectivity index (χ3n) is 2.95. The van der Waals surface area contributed by atoms with Gasteiger partial charge in [0, 0.05) is 29.6 Å². The van der Waals surface area contributed by atoms with Crippen LogP contribution in [0.4, 0.5) is 4.39 Å². The monoisotopic (exact) mass is 271 g/mol. The number of benzene rings is 1. The van der Waals surface area contributed by atoms with Crippen molar-refractivity contribution < 1.29 is 4.39 Å². The highest BCUT2D eigenvalue weighted by Crippen LogP contribution is 2.21. The van der Waals surface area contributed by atoms with Gasteiger partial charge in [0.2, 0.25) is 0 Å². The molecule has 0 radical (unpaired) electrons. The Labute approximate surface area is 112 Å². The van der Waals surface area contributed by atoms with Gasteiger partial charge in [-0.2, -0.15) is 0 Å². The van der Waals surface area contributed by atoms with Crippen LogP contribution < -0.4 is 5.73 Å². The first-order valence-electron chi connectivity index (χ1n) is 5.94. The van der Waals surface area contributed by atoms with Crippen molar-refractivity contribution in [3.05, 3.63) is 34.6 Å². The number of hydrogen-bond donors (Lipinski definition) is 2. The molecule has 3 N–H and O–H groups in total. The van der Waals surface area contributed by atoms with Gasteiger partial charge in [0.05, 0.1) is 5.84 Å². The molecule has 5 heteroatoms. The van der Waals surface area contributed by atoms with Gasteiger partial charge in [0.15, 0.2) is 0 Å². The molecule has 100 valence electrons. The first kappa shape index (κ1) is 14.9. The molecule has 0 aliphatic heterocycles. The minimum Gasteiger partial charge on any atom is -0.387 e. The van der Waals surface area contributed by atoms with Crippen LogP contribution in [0.2, 0.25) is 5.02 Å². The van der Waals surface area contributed by atoms with Crippen molar-refractivity contribution in [1.29, 1.82) is 5.41 Å². The summed E-state index contributed by atoms with van der Waals surface area (Å²) in [6.45, 7) is 5.67. The van der Waals surface area contributed by atoms with E-state index in [4.69, 9.17) is 22.7 Å². The Bertz CT molecular complexity index is 402. The van der Waals surface area contributed by atoms with Crippen LogP contribution in [0, 0.1) is 17.1 Å². The predicted octanol–water partition coefficient (Wildman–Crippen LogP) is 2.87. The van der Waals surface area contributed by atoms with Crippen LogP contribution in [0.1, 0.15) is 19.4 Å². The average Bonchev–Trinajstić information content (AvgIpc) is 2.32. The standard InChI is InChI=1S/C13H19ClFN3/c1-3-18(7-9(2)13(16)17)8-10-11(14)5-4-6-12(10)15/h4-6,9H,3,7-8H2,1-2H3,(H3,16,17). The maximum atomic E-state index is 13.7. The maximum absolute atomic E-state index is 13.7. The Kier molecular flexibility index (Phi) is 5.56. The zero-order valence-corrected chi connectivity index (χ0v) is 11.5. The number of nitrogens with one attached hydrogen (secondary N) is 1. The van der Waals surface area contributed by atoms with Crippen LogP contribution in [0.15, 0.2) is 18.2 Å². The Hall–Kier alpha value is -1.13. The van der Waals surface area contributed by atoms with E-state index >= 15 is 0 Å². The maximum Gasteiger partial charge on any atom is 0.129 e. The second-order valence-electron chi connectivity index (χ2n) is 4.38. The first-order valence-corrected chi connectivity index (χ1v) is 6.32. The third-order valence-corrected chi connectivity index (χ3v) is 3.31. The highest BCUT2D eigenvalue weighted by molar-refractivity contribution is 6.31. The summed E-state index contributed by atoms with van der Waals surface area (Å²) < 4.78 is 13.7. The largest absolute Gasteiger partial charge is 0.387 e. The lowest BCUT2D eigenvalue weighted by Gasteiger charge is -2.24. The molecule has 0 aliphatic rings. The van der Waals surface area contributed by atoms with Crippen molar-refractivity contribution in [2.45, 2.75) is 20.4 Å². The average molecular weight is 272 g/mol. The summed E-state index contributed by atoms with van der Waals surface area (Å²) in [4.78, 5) is 2.02. The van der Waals surface area contributed by atoms with Crippen molar-refractivity contribution in [3.63, 3.8) is 0 Å². The van der Waals surface area contributed by atoms with E-state index in [-0.39, 0.29) is 17.6 Å². The molecule has 0 amide bonds. The van der Waals surface area contributed by atoms with Gasteiger partial charge < -0.3 is 5.73 Å². The molecular weight excluding hydrogens is 253 g/mol. The van der Waals surface area contributed by atoms with Crippen LogP contribution >= 0.6 is 11.6 Å². The van der Waals surface area contributed by atoms with Gasteiger partial charge in [-0.15, -0.1) is 0 Å². The molecule has 1 rings (SSSR count). The van der Waals surface area contributed by atoms with Crippen molar-refractivity contribution in [3.8, 4) is 0 Å². The van der Waals surface area contributed by atoms with Gasteiger partial charge in [0.25, 0.3) is 0 Å². The number of halogens is 2. The van der Waals surface area contributed by atoms with Crippen molar-refractivity contribution in [2.75, 3.05) is 13.1 Å². The summed E-state index contributed by atoms with van der Waals surface area (Å²) in [7, 11) is 0. The molecule has 0 saturated carbocycles. The quantitative estimate of drug-likeness (QED) is 0.617. The van der Waals surface area contributed by atoms with Gasteiger partial charge in [0.1, 0.15) is 5.82 Å². The Morgan fingerprint density at radius 2 is 2.22 bits per heavy atom. The van der Waals surface area contributed by atoms with Crippen LogP contribution in [0.25, 0.3) is 0 Å². The van der Waals surface area contributed by atoms with Crippen molar-refractivity contribution >= 4 is 17.4 Å². The molecular formula is C13H19ClFN3.